The fourth-order valence-corrected chi connectivity index (χ4v) is 3.09. The Hall–Kier alpha value is -1.21. The fraction of sp³-hybridized carbons (Fsp3) is 0.667. The number of aliphatic hydroxyl groups excluding tert-OH is 1. The summed E-state index contributed by atoms with van der Waals surface area (Å²) in [5.41, 5.74) is 0. The molecule has 1 aliphatic heterocycles. The standard InChI is InChI=1S/C18H29FN2O3/c1-3-16-12-20(8-9-21(16)10-11-23-2)13-17(22)14-24-18-6-4-15(19)5-7-18/h4-7,16-17,22H,3,8-14H2,1-2H3/t16-,17-/m0/s1. The van der Waals surface area contributed by atoms with Crippen LogP contribution in [-0.4, -0.2) is 80.1 Å². The molecule has 1 fully saturated rings. The minimum atomic E-state index is -0.557. The zero-order valence-electron chi connectivity index (χ0n) is 14.7. The van der Waals surface area contributed by atoms with Crippen molar-refractivity contribution in [1.29, 1.82) is 0 Å². The molecular weight excluding hydrogens is 311 g/mol. The van der Waals surface area contributed by atoms with Crippen LogP contribution < -0.4 is 4.74 Å². The zero-order valence-corrected chi connectivity index (χ0v) is 14.7. The number of nitrogens with zero attached hydrogens (tertiary/aromatic N) is 2. The molecule has 136 valence electrons. The van der Waals surface area contributed by atoms with Gasteiger partial charge in [-0.15, -0.1) is 0 Å². The lowest BCUT2D eigenvalue weighted by molar-refractivity contribution is 0.0148. The maximum atomic E-state index is 12.9. The summed E-state index contributed by atoms with van der Waals surface area (Å²) in [6.45, 7) is 7.60. The number of benzene rings is 1. The van der Waals surface area contributed by atoms with Gasteiger partial charge in [0.05, 0.1) is 6.61 Å². The van der Waals surface area contributed by atoms with Crippen molar-refractivity contribution in [1.82, 2.24) is 9.80 Å². The Kier molecular flexibility index (Phi) is 7.91. The van der Waals surface area contributed by atoms with Crippen LogP contribution in [0, 0.1) is 5.82 Å². The lowest BCUT2D eigenvalue weighted by atomic mass is 10.1. The molecule has 2 atom stereocenters. The molecule has 1 aliphatic rings. The van der Waals surface area contributed by atoms with Gasteiger partial charge in [-0.1, -0.05) is 6.92 Å². The Morgan fingerprint density at radius 3 is 2.71 bits per heavy atom. The topological polar surface area (TPSA) is 45.2 Å². The summed E-state index contributed by atoms with van der Waals surface area (Å²) in [5, 5.41) is 10.2. The van der Waals surface area contributed by atoms with Crippen molar-refractivity contribution in [2.75, 3.05) is 53.0 Å². The third-order valence-corrected chi connectivity index (χ3v) is 4.47. The number of halogens is 1. The second kappa shape index (κ2) is 9.93. The predicted molar refractivity (Wildman–Crippen MR) is 91.9 cm³/mol. The number of β-amino-alcohol motifs (C(OH)–C–C–N with tert-alkyl or cyclic N) is 1. The Labute approximate surface area is 144 Å². The molecule has 0 spiro atoms. The van der Waals surface area contributed by atoms with Gasteiger partial charge < -0.3 is 14.6 Å². The van der Waals surface area contributed by atoms with Gasteiger partial charge in [0.15, 0.2) is 0 Å². The van der Waals surface area contributed by atoms with Crippen LogP contribution in [0.15, 0.2) is 24.3 Å². The molecule has 2 rings (SSSR count). The van der Waals surface area contributed by atoms with Crippen molar-refractivity contribution >= 4 is 0 Å². The van der Waals surface area contributed by atoms with Crippen molar-refractivity contribution in [2.45, 2.75) is 25.5 Å². The van der Waals surface area contributed by atoms with Crippen LogP contribution in [-0.2, 0) is 4.74 Å². The quantitative estimate of drug-likeness (QED) is 0.740. The number of hydrogen-bond donors (Lipinski definition) is 1. The van der Waals surface area contributed by atoms with Crippen LogP contribution >= 0.6 is 0 Å². The molecule has 0 saturated carbocycles. The van der Waals surface area contributed by atoms with Gasteiger partial charge in [-0.2, -0.15) is 0 Å². The van der Waals surface area contributed by atoms with Gasteiger partial charge in [0.1, 0.15) is 24.3 Å². The van der Waals surface area contributed by atoms with Gasteiger partial charge in [-0.3, -0.25) is 9.80 Å². The number of aliphatic hydroxyl groups is 1. The Morgan fingerprint density at radius 1 is 1.29 bits per heavy atom. The van der Waals surface area contributed by atoms with Crippen LogP contribution in [0.2, 0.25) is 0 Å². The van der Waals surface area contributed by atoms with E-state index in [9.17, 15) is 9.50 Å². The normalized spacial score (nSPS) is 20.9. The largest absolute Gasteiger partial charge is 0.491 e. The van der Waals surface area contributed by atoms with Gasteiger partial charge in [0.2, 0.25) is 0 Å². The molecule has 5 nitrogen and oxygen atoms in total. The first-order chi connectivity index (χ1) is 11.6. The summed E-state index contributed by atoms with van der Waals surface area (Å²) in [5.74, 6) is 0.283. The SMILES string of the molecule is CC[C@H]1CN(C[C@H](O)COc2ccc(F)cc2)CCN1CCOC. The molecule has 0 radical (unpaired) electrons. The minimum Gasteiger partial charge on any atom is -0.491 e. The number of methoxy groups -OCH3 is 1. The van der Waals surface area contributed by atoms with Crippen molar-refractivity contribution in [2.24, 2.45) is 0 Å². The molecule has 0 bridgehead atoms. The highest BCUT2D eigenvalue weighted by Crippen LogP contribution is 2.14. The second-order valence-corrected chi connectivity index (χ2v) is 6.27. The molecule has 0 aromatic heterocycles. The summed E-state index contributed by atoms with van der Waals surface area (Å²) in [6.07, 6.45) is 0.528. The van der Waals surface area contributed by atoms with E-state index < -0.39 is 6.10 Å². The van der Waals surface area contributed by atoms with Gasteiger partial charge >= 0.3 is 0 Å². The Bertz CT molecular complexity index is 472. The van der Waals surface area contributed by atoms with Gasteiger partial charge in [0, 0.05) is 45.9 Å². The van der Waals surface area contributed by atoms with Gasteiger partial charge in [0.25, 0.3) is 0 Å². The fourth-order valence-electron chi connectivity index (χ4n) is 3.09. The van der Waals surface area contributed by atoms with Crippen LogP contribution in [0.25, 0.3) is 0 Å². The van der Waals surface area contributed by atoms with Crippen LogP contribution in [0.3, 0.4) is 0 Å². The van der Waals surface area contributed by atoms with Crippen LogP contribution in [0.5, 0.6) is 5.75 Å². The van der Waals surface area contributed by atoms with E-state index in [2.05, 4.69) is 16.7 Å². The highest BCUT2D eigenvalue weighted by atomic mass is 19.1. The number of hydrogen-bond acceptors (Lipinski definition) is 5. The third-order valence-electron chi connectivity index (χ3n) is 4.47. The summed E-state index contributed by atoms with van der Waals surface area (Å²) in [6, 6.07) is 6.35. The summed E-state index contributed by atoms with van der Waals surface area (Å²) >= 11 is 0. The van der Waals surface area contributed by atoms with E-state index in [1.807, 2.05) is 0 Å². The first-order valence-corrected chi connectivity index (χ1v) is 8.64. The molecule has 0 aliphatic carbocycles. The molecular formula is C18H29FN2O3. The van der Waals surface area contributed by atoms with Gasteiger partial charge in [-0.25, -0.2) is 4.39 Å². The lowest BCUT2D eigenvalue weighted by Crippen LogP contribution is -2.55. The van der Waals surface area contributed by atoms with Crippen molar-refractivity contribution < 1.29 is 19.0 Å². The molecule has 1 aromatic carbocycles. The number of piperazine rings is 1. The average Bonchev–Trinajstić information content (AvgIpc) is 2.60. The molecule has 1 aromatic rings. The van der Waals surface area contributed by atoms with Crippen LogP contribution in [0.1, 0.15) is 13.3 Å². The zero-order chi connectivity index (χ0) is 17.4. The van der Waals surface area contributed by atoms with Crippen LogP contribution in [0.4, 0.5) is 4.39 Å². The first-order valence-electron chi connectivity index (χ1n) is 8.64. The smallest absolute Gasteiger partial charge is 0.123 e. The van der Waals surface area contributed by atoms with E-state index in [0.717, 1.165) is 39.2 Å². The molecule has 0 unspecified atom stereocenters. The molecule has 6 heteroatoms. The minimum absolute atomic E-state index is 0.215. The van der Waals surface area contributed by atoms with E-state index in [1.165, 1.54) is 12.1 Å². The van der Waals surface area contributed by atoms with E-state index in [-0.39, 0.29) is 12.4 Å². The molecule has 1 heterocycles. The third kappa shape index (κ3) is 6.02. The van der Waals surface area contributed by atoms with E-state index in [1.54, 1.807) is 19.2 Å². The maximum Gasteiger partial charge on any atom is 0.123 e. The van der Waals surface area contributed by atoms with Crippen molar-refractivity contribution in [3.63, 3.8) is 0 Å². The molecule has 1 N–H and O–H groups in total. The van der Waals surface area contributed by atoms with E-state index >= 15 is 0 Å². The second-order valence-electron chi connectivity index (χ2n) is 6.27. The van der Waals surface area contributed by atoms with Gasteiger partial charge in [-0.05, 0) is 30.7 Å². The van der Waals surface area contributed by atoms with Crippen molar-refractivity contribution in [3.05, 3.63) is 30.1 Å². The number of rotatable bonds is 9. The highest BCUT2D eigenvalue weighted by molar-refractivity contribution is 5.22. The first kappa shape index (κ1) is 19.1. The molecule has 1 saturated heterocycles. The molecule has 24 heavy (non-hydrogen) atoms. The Morgan fingerprint density at radius 2 is 2.04 bits per heavy atom. The monoisotopic (exact) mass is 340 g/mol. The average molecular weight is 340 g/mol. The van der Waals surface area contributed by atoms with E-state index in [4.69, 9.17) is 9.47 Å². The molecule has 0 amide bonds. The summed E-state index contributed by atoms with van der Waals surface area (Å²) < 4.78 is 23.5. The van der Waals surface area contributed by atoms with E-state index in [0.29, 0.717) is 18.3 Å². The maximum absolute atomic E-state index is 12.9. The Balaban J connectivity index is 1.73. The number of ether oxygens (including phenoxy) is 2. The predicted octanol–water partition coefficient (Wildman–Crippen LogP) is 1.61. The van der Waals surface area contributed by atoms with Crippen molar-refractivity contribution in [3.8, 4) is 5.75 Å². The summed E-state index contributed by atoms with van der Waals surface area (Å²) in [7, 11) is 1.73. The lowest BCUT2D eigenvalue weighted by Gasteiger charge is -2.41. The highest BCUT2D eigenvalue weighted by Gasteiger charge is 2.26. The summed E-state index contributed by atoms with van der Waals surface area (Å²) in [4.78, 5) is 4.75.